The van der Waals surface area contributed by atoms with E-state index in [2.05, 4.69) is 5.10 Å². The molecule has 4 rings (SSSR count). The molecule has 0 bridgehead atoms. The van der Waals surface area contributed by atoms with Crippen LogP contribution in [0, 0.1) is 0 Å². The number of rotatable bonds is 4. The van der Waals surface area contributed by atoms with E-state index in [0.29, 0.717) is 12.4 Å². The van der Waals surface area contributed by atoms with E-state index >= 15 is 0 Å². The van der Waals surface area contributed by atoms with Crippen molar-refractivity contribution in [3.8, 4) is 5.75 Å². The summed E-state index contributed by atoms with van der Waals surface area (Å²) in [4.78, 5) is 28.5. The minimum absolute atomic E-state index is 0.168. The molecule has 0 N–H and O–H groups in total. The second-order valence-electron chi connectivity index (χ2n) is 6.48. The van der Waals surface area contributed by atoms with Gasteiger partial charge in [0, 0.05) is 25.4 Å². The molecular weight excluding hydrogens is 344 g/mol. The van der Waals surface area contributed by atoms with Crippen LogP contribution in [-0.4, -0.2) is 40.3 Å². The first-order chi connectivity index (χ1) is 13.1. The maximum absolute atomic E-state index is 13.1. The smallest absolute Gasteiger partial charge is 0.332 e. The van der Waals surface area contributed by atoms with Gasteiger partial charge in [0.15, 0.2) is 0 Å². The second kappa shape index (κ2) is 6.75. The lowest BCUT2D eigenvalue weighted by Crippen LogP contribution is -2.52. The van der Waals surface area contributed by atoms with Crippen molar-refractivity contribution < 1.29 is 14.3 Å². The van der Waals surface area contributed by atoms with Gasteiger partial charge in [-0.15, -0.1) is 0 Å². The SMILES string of the molecule is COc1ccc(CN2C(=O)CCN(c3c4ccccc4nn3C)C2=O)cc1. The van der Waals surface area contributed by atoms with Gasteiger partial charge in [-0.2, -0.15) is 5.10 Å². The summed E-state index contributed by atoms with van der Waals surface area (Å²) in [5.41, 5.74) is 1.69. The molecule has 2 aromatic carbocycles. The Labute approximate surface area is 156 Å². The number of hydrogen-bond donors (Lipinski definition) is 0. The number of benzene rings is 2. The fourth-order valence-corrected chi connectivity index (χ4v) is 3.41. The average Bonchev–Trinajstić information content (AvgIpc) is 3.01. The molecule has 2 heterocycles. The summed E-state index contributed by atoms with van der Waals surface area (Å²) in [6.07, 6.45) is 0.279. The molecular formula is C20H20N4O3. The highest BCUT2D eigenvalue weighted by atomic mass is 16.5. The van der Waals surface area contributed by atoms with E-state index in [9.17, 15) is 9.59 Å². The van der Waals surface area contributed by atoms with E-state index in [0.717, 1.165) is 22.2 Å². The number of anilines is 1. The molecule has 7 nitrogen and oxygen atoms in total. The zero-order chi connectivity index (χ0) is 19.0. The number of carbonyl (C=O) groups excluding carboxylic acids is 2. The van der Waals surface area contributed by atoms with Crippen molar-refractivity contribution in [2.24, 2.45) is 7.05 Å². The van der Waals surface area contributed by atoms with Crippen molar-refractivity contribution in [3.05, 3.63) is 54.1 Å². The molecule has 1 aliphatic heterocycles. The van der Waals surface area contributed by atoms with Gasteiger partial charge in [0.25, 0.3) is 0 Å². The van der Waals surface area contributed by atoms with Crippen molar-refractivity contribution in [1.82, 2.24) is 14.7 Å². The Morgan fingerprint density at radius 3 is 2.56 bits per heavy atom. The standard InChI is InChI=1S/C20H20N4O3/c1-22-19(16-5-3-4-6-17(16)21-22)23-12-11-18(25)24(20(23)26)13-14-7-9-15(27-2)10-8-14/h3-10H,11-13H2,1-2H3. The van der Waals surface area contributed by atoms with Crippen molar-refractivity contribution in [2.45, 2.75) is 13.0 Å². The Hall–Kier alpha value is -3.35. The van der Waals surface area contributed by atoms with Crippen LogP contribution in [0.5, 0.6) is 5.75 Å². The molecule has 7 heteroatoms. The van der Waals surface area contributed by atoms with E-state index in [1.165, 1.54) is 4.90 Å². The molecule has 1 aromatic heterocycles. The maximum atomic E-state index is 13.1. The summed E-state index contributed by atoms with van der Waals surface area (Å²) >= 11 is 0. The first-order valence-electron chi connectivity index (χ1n) is 8.75. The summed E-state index contributed by atoms with van der Waals surface area (Å²) in [6.45, 7) is 0.578. The van der Waals surface area contributed by atoms with Gasteiger partial charge in [-0.1, -0.05) is 24.3 Å². The van der Waals surface area contributed by atoms with E-state index in [-0.39, 0.29) is 24.9 Å². The third-order valence-corrected chi connectivity index (χ3v) is 4.78. The van der Waals surface area contributed by atoms with Crippen molar-refractivity contribution in [1.29, 1.82) is 0 Å². The summed E-state index contributed by atoms with van der Waals surface area (Å²) in [5, 5.41) is 5.37. The van der Waals surface area contributed by atoms with Gasteiger partial charge < -0.3 is 4.74 Å². The Balaban J connectivity index is 1.65. The number of amides is 3. The monoisotopic (exact) mass is 364 g/mol. The minimum atomic E-state index is -0.323. The van der Waals surface area contributed by atoms with Gasteiger partial charge in [-0.25, -0.2) is 4.79 Å². The molecule has 1 aliphatic rings. The second-order valence-corrected chi connectivity index (χ2v) is 6.48. The third-order valence-electron chi connectivity index (χ3n) is 4.78. The van der Waals surface area contributed by atoms with Gasteiger partial charge in [0.1, 0.15) is 11.6 Å². The highest BCUT2D eigenvalue weighted by molar-refractivity contribution is 6.08. The van der Waals surface area contributed by atoms with Crippen molar-refractivity contribution >= 4 is 28.7 Å². The number of hydrogen-bond acceptors (Lipinski definition) is 4. The van der Waals surface area contributed by atoms with Gasteiger partial charge >= 0.3 is 6.03 Å². The van der Waals surface area contributed by atoms with Gasteiger partial charge in [0.05, 0.1) is 19.2 Å². The summed E-state index contributed by atoms with van der Waals surface area (Å²) < 4.78 is 6.85. The number of fused-ring (bicyclic) bond motifs is 1. The van der Waals surface area contributed by atoms with Crippen LogP contribution in [0.4, 0.5) is 10.6 Å². The quantitative estimate of drug-likeness (QED) is 0.714. The lowest BCUT2D eigenvalue weighted by atomic mass is 10.1. The highest BCUT2D eigenvalue weighted by Gasteiger charge is 2.35. The Morgan fingerprint density at radius 1 is 1.07 bits per heavy atom. The molecule has 0 spiro atoms. The van der Waals surface area contributed by atoms with E-state index in [1.807, 2.05) is 55.6 Å². The van der Waals surface area contributed by atoms with E-state index in [1.54, 1.807) is 16.7 Å². The Morgan fingerprint density at radius 2 is 1.81 bits per heavy atom. The molecule has 27 heavy (non-hydrogen) atoms. The van der Waals surface area contributed by atoms with Crippen LogP contribution in [0.3, 0.4) is 0 Å². The predicted molar refractivity (Wildman–Crippen MR) is 102 cm³/mol. The molecule has 0 radical (unpaired) electrons. The maximum Gasteiger partial charge on any atom is 0.332 e. The number of aryl methyl sites for hydroxylation is 1. The molecule has 3 amide bonds. The molecule has 0 aliphatic carbocycles. The van der Waals surface area contributed by atoms with Crippen LogP contribution in [0.2, 0.25) is 0 Å². The molecule has 3 aromatic rings. The topological polar surface area (TPSA) is 67.7 Å². The summed E-state index contributed by atoms with van der Waals surface area (Å²) in [7, 11) is 3.41. The number of ether oxygens (including phenoxy) is 1. The zero-order valence-corrected chi connectivity index (χ0v) is 15.3. The summed E-state index contributed by atoms with van der Waals surface area (Å²) in [6, 6.07) is 14.7. The van der Waals surface area contributed by atoms with Crippen LogP contribution < -0.4 is 9.64 Å². The van der Waals surface area contributed by atoms with Crippen molar-refractivity contribution in [2.75, 3.05) is 18.6 Å². The number of urea groups is 1. The first kappa shape index (κ1) is 17.1. The number of nitrogens with zero attached hydrogens (tertiary/aromatic N) is 4. The van der Waals surface area contributed by atoms with Gasteiger partial charge in [0.2, 0.25) is 5.91 Å². The van der Waals surface area contributed by atoms with Crippen LogP contribution in [0.15, 0.2) is 48.5 Å². The number of methoxy groups -OCH3 is 1. The summed E-state index contributed by atoms with van der Waals surface area (Å²) in [5.74, 6) is 1.28. The third kappa shape index (κ3) is 3.01. The molecule has 0 saturated carbocycles. The zero-order valence-electron chi connectivity index (χ0n) is 15.3. The van der Waals surface area contributed by atoms with Gasteiger partial charge in [-0.05, 0) is 29.8 Å². The molecule has 1 saturated heterocycles. The number of aromatic nitrogens is 2. The van der Waals surface area contributed by atoms with Gasteiger partial charge in [-0.3, -0.25) is 19.3 Å². The fourth-order valence-electron chi connectivity index (χ4n) is 3.41. The highest BCUT2D eigenvalue weighted by Crippen LogP contribution is 2.29. The average molecular weight is 364 g/mol. The minimum Gasteiger partial charge on any atom is -0.497 e. The Bertz CT molecular complexity index is 1010. The van der Waals surface area contributed by atoms with Crippen LogP contribution in [0.1, 0.15) is 12.0 Å². The lowest BCUT2D eigenvalue weighted by Gasteiger charge is -2.34. The molecule has 0 unspecified atom stereocenters. The predicted octanol–water partition coefficient (Wildman–Crippen LogP) is 2.94. The van der Waals surface area contributed by atoms with Crippen molar-refractivity contribution in [3.63, 3.8) is 0 Å². The van der Waals surface area contributed by atoms with E-state index < -0.39 is 0 Å². The van der Waals surface area contributed by atoms with E-state index in [4.69, 9.17) is 4.74 Å². The largest absolute Gasteiger partial charge is 0.497 e. The first-order valence-corrected chi connectivity index (χ1v) is 8.75. The fraction of sp³-hybridized carbons (Fsp3) is 0.250. The molecule has 0 atom stereocenters. The molecule has 1 fully saturated rings. The normalized spacial score (nSPS) is 14.9. The number of imide groups is 1. The van der Waals surface area contributed by atoms with Crippen LogP contribution in [-0.2, 0) is 18.4 Å². The molecule has 138 valence electrons. The Kier molecular flexibility index (Phi) is 4.27. The van der Waals surface area contributed by atoms with Crippen LogP contribution >= 0.6 is 0 Å². The number of carbonyl (C=O) groups is 2. The van der Waals surface area contributed by atoms with Crippen LogP contribution in [0.25, 0.3) is 10.9 Å². The lowest BCUT2D eigenvalue weighted by molar-refractivity contribution is -0.129.